The molecular weight excluding hydrogens is 206 g/mol. The van der Waals surface area contributed by atoms with Crippen molar-refractivity contribution in [2.24, 2.45) is 5.92 Å². The molecule has 0 radical (unpaired) electrons. The van der Waals surface area contributed by atoms with E-state index < -0.39 is 5.92 Å². The highest BCUT2D eigenvalue weighted by molar-refractivity contribution is 5.86. The van der Waals surface area contributed by atoms with Crippen LogP contribution in [-0.4, -0.2) is 48.3 Å². The quantitative estimate of drug-likeness (QED) is 0.683. The zero-order chi connectivity index (χ0) is 12.7. The second kappa shape index (κ2) is 6.83. The lowest BCUT2D eigenvalue weighted by molar-refractivity contribution is -0.140. The molecule has 0 saturated heterocycles. The van der Waals surface area contributed by atoms with Gasteiger partial charge in [-0.3, -0.25) is 9.59 Å². The van der Waals surface area contributed by atoms with Crippen molar-refractivity contribution in [3.63, 3.8) is 0 Å². The number of hydrogen-bond donors (Lipinski definition) is 0. The van der Waals surface area contributed by atoms with Crippen LogP contribution in [0, 0.1) is 17.2 Å². The van der Waals surface area contributed by atoms with E-state index in [9.17, 15) is 9.59 Å². The van der Waals surface area contributed by atoms with Crippen LogP contribution in [0.5, 0.6) is 0 Å². The van der Waals surface area contributed by atoms with Crippen LogP contribution in [0.15, 0.2) is 0 Å². The Morgan fingerprint density at radius 3 is 2.19 bits per heavy atom. The molecule has 0 N–H and O–H groups in total. The maximum absolute atomic E-state index is 11.7. The molecule has 0 spiro atoms. The number of nitrogens with zero attached hydrogens (tertiary/aromatic N) is 3. The molecule has 0 aromatic heterocycles. The van der Waals surface area contributed by atoms with Gasteiger partial charge in [-0.15, -0.1) is 0 Å². The van der Waals surface area contributed by atoms with Crippen LogP contribution >= 0.6 is 0 Å². The largest absolute Gasteiger partial charge is 0.342 e. The van der Waals surface area contributed by atoms with E-state index >= 15 is 0 Å². The van der Waals surface area contributed by atoms with E-state index in [1.54, 1.807) is 4.90 Å². The fourth-order valence-electron chi connectivity index (χ4n) is 1.34. The Bertz CT molecular complexity index is 292. The molecule has 0 fully saturated rings. The van der Waals surface area contributed by atoms with Crippen molar-refractivity contribution >= 4 is 11.8 Å². The van der Waals surface area contributed by atoms with Gasteiger partial charge in [-0.2, -0.15) is 5.26 Å². The summed E-state index contributed by atoms with van der Waals surface area (Å²) in [5.41, 5.74) is 0. The zero-order valence-electron chi connectivity index (χ0n) is 10.4. The summed E-state index contributed by atoms with van der Waals surface area (Å²) in [5, 5.41) is 8.60. The summed E-state index contributed by atoms with van der Waals surface area (Å²) in [7, 11) is 1.54. The predicted octanol–water partition coefficient (Wildman–Crippen LogP) is 0.473. The zero-order valence-corrected chi connectivity index (χ0v) is 10.4. The average molecular weight is 225 g/mol. The normalized spacial score (nSPS) is 11.4. The first-order valence-electron chi connectivity index (χ1n) is 5.40. The summed E-state index contributed by atoms with van der Waals surface area (Å²) in [5.74, 6) is -1.11. The monoisotopic (exact) mass is 225 g/mol. The van der Waals surface area contributed by atoms with Gasteiger partial charge in [0.2, 0.25) is 11.8 Å². The van der Waals surface area contributed by atoms with Crippen LogP contribution in [0.3, 0.4) is 0 Å². The molecule has 90 valence electrons. The smallest absolute Gasteiger partial charge is 0.242 e. The van der Waals surface area contributed by atoms with Crippen molar-refractivity contribution in [3.05, 3.63) is 0 Å². The van der Waals surface area contributed by atoms with Gasteiger partial charge in [-0.05, 0) is 20.8 Å². The molecule has 0 aliphatic heterocycles. The molecule has 0 bridgehead atoms. The number of likely N-dealkylation sites (N-methyl/N-ethyl adjacent to an activating group) is 2. The Morgan fingerprint density at radius 1 is 1.31 bits per heavy atom. The number of hydrogen-bond acceptors (Lipinski definition) is 3. The highest BCUT2D eigenvalue weighted by atomic mass is 16.2. The third-order valence-corrected chi connectivity index (χ3v) is 2.43. The van der Waals surface area contributed by atoms with Crippen molar-refractivity contribution < 1.29 is 9.59 Å². The lowest BCUT2D eigenvalue weighted by atomic mass is 10.2. The molecule has 0 aromatic carbocycles. The number of rotatable bonds is 5. The Balaban J connectivity index is 4.35. The minimum absolute atomic E-state index is 0.0343. The van der Waals surface area contributed by atoms with E-state index in [2.05, 4.69) is 0 Å². The summed E-state index contributed by atoms with van der Waals surface area (Å²) in [6, 6.07) is 1.86. The highest BCUT2D eigenvalue weighted by Gasteiger charge is 2.20. The van der Waals surface area contributed by atoms with E-state index in [-0.39, 0.29) is 18.4 Å². The van der Waals surface area contributed by atoms with Gasteiger partial charge in [0.15, 0.2) is 0 Å². The topological polar surface area (TPSA) is 64.4 Å². The molecule has 2 amide bonds. The summed E-state index contributed by atoms with van der Waals surface area (Å²) in [6.07, 6.45) is 0. The van der Waals surface area contributed by atoms with Crippen LogP contribution in [0.1, 0.15) is 20.8 Å². The van der Waals surface area contributed by atoms with Crippen LogP contribution in [-0.2, 0) is 9.59 Å². The molecule has 0 aliphatic carbocycles. The Kier molecular flexibility index (Phi) is 6.16. The summed E-state index contributed by atoms with van der Waals surface area (Å²) in [4.78, 5) is 26.2. The Morgan fingerprint density at radius 2 is 1.81 bits per heavy atom. The van der Waals surface area contributed by atoms with Crippen LogP contribution in [0.2, 0.25) is 0 Å². The first-order chi connectivity index (χ1) is 7.47. The Labute approximate surface area is 96.6 Å². The molecule has 0 aromatic rings. The molecule has 16 heavy (non-hydrogen) atoms. The Hall–Kier alpha value is -1.57. The van der Waals surface area contributed by atoms with Crippen molar-refractivity contribution in [1.29, 1.82) is 5.26 Å². The second-order valence-corrected chi connectivity index (χ2v) is 3.61. The maximum atomic E-state index is 11.7. The SMILES string of the molecule is CCN(CC)C(=O)CN(C)C(=O)C(C)C#N. The molecule has 0 heterocycles. The molecule has 5 nitrogen and oxygen atoms in total. The van der Waals surface area contributed by atoms with Crippen molar-refractivity contribution in [2.75, 3.05) is 26.7 Å². The van der Waals surface area contributed by atoms with Gasteiger partial charge >= 0.3 is 0 Å². The van der Waals surface area contributed by atoms with Gasteiger partial charge in [-0.25, -0.2) is 0 Å². The first kappa shape index (κ1) is 14.4. The summed E-state index contributed by atoms with van der Waals surface area (Å²) >= 11 is 0. The van der Waals surface area contributed by atoms with Crippen LogP contribution < -0.4 is 0 Å². The van der Waals surface area contributed by atoms with E-state index in [4.69, 9.17) is 5.26 Å². The average Bonchev–Trinajstić information content (AvgIpc) is 2.28. The summed E-state index contributed by atoms with van der Waals surface area (Å²) < 4.78 is 0. The van der Waals surface area contributed by atoms with Crippen molar-refractivity contribution in [3.8, 4) is 6.07 Å². The van der Waals surface area contributed by atoms with Crippen molar-refractivity contribution in [1.82, 2.24) is 9.80 Å². The van der Waals surface area contributed by atoms with Gasteiger partial charge < -0.3 is 9.80 Å². The number of carbonyl (C=O) groups is 2. The fourth-order valence-corrected chi connectivity index (χ4v) is 1.34. The highest BCUT2D eigenvalue weighted by Crippen LogP contribution is 2.00. The first-order valence-corrected chi connectivity index (χ1v) is 5.40. The van der Waals surface area contributed by atoms with Gasteiger partial charge in [0, 0.05) is 20.1 Å². The lowest BCUT2D eigenvalue weighted by Crippen LogP contribution is -2.42. The number of amides is 2. The molecule has 1 unspecified atom stereocenters. The molecular formula is C11H19N3O2. The van der Waals surface area contributed by atoms with Crippen LogP contribution in [0.4, 0.5) is 0 Å². The standard InChI is InChI=1S/C11H19N3O2/c1-5-14(6-2)10(15)8-13(4)11(16)9(3)7-12/h9H,5-6,8H2,1-4H3. The third kappa shape index (κ3) is 3.89. The van der Waals surface area contributed by atoms with Crippen molar-refractivity contribution in [2.45, 2.75) is 20.8 Å². The van der Waals surface area contributed by atoms with Gasteiger partial charge in [0.05, 0.1) is 12.6 Å². The third-order valence-electron chi connectivity index (χ3n) is 2.43. The van der Waals surface area contributed by atoms with E-state index in [0.717, 1.165) is 0 Å². The molecule has 0 aliphatic rings. The van der Waals surface area contributed by atoms with E-state index in [1.807, 2.05) is 19.9 Å². The number of nitriles is 1. The van der Waals surface area contributed by atoms with Gasteiger partial charge in [0.1, 0.15) is 5.92 Å². The van der Waals surface area contributed by atoms with Gasteiger partial charge in [-0.1, -0.05) is 0 Å². The summed E-state index contributed by atoms with van der Waals surface area (Å²) in [6.45, 7) is 6.60. The maximum Gasteiger partial charge on any atom is 0.242 e. The minimum atomic E-state index is -0.700. The predicted molar refractivity (Wildman–Crippen MR) is 60.3 cm³/mol. The fraction of sp³-hybridized carbons (Fsp3) is 0.727. The second-order valence-electron chi connectivity index (χ2n) is 3.61. The van der Waals surface area contributed by atoms with E-state index in [1.165, 1.54) is 18.9 Å². The molecule has 0 rings (SSSR count). The minimum Gasteiger partial charge on any atom is -0.342 e. The van der Waals surface area contributed by atoms with E-state index in [0.29, 0.717) is 13.1 Å². The molecule has 0 saturated carbocycles. The molecule has 1 atom stereocenters. The lowest BCUT2D eigenvalue weighted by Gasteiger charge is -2.23. The van der Waals surface area contributed by atoms with Crippen LogP contribution in [0.25, 0.3) is 0 Å². The molecule has 5 heteroatoms. The number of carbonyl (C=O) groups excluding carboxylic acids is 2. The van der Waals surface area contributed by atoms with Gasteiger partial charge in [0.25, 0.3) is 0 Å².